The number of ether oxygens (including phenoxy) is 3. The molecule has 7 rings (SSSR count). The quantitative estimate of drug-likeness (QED) is 0.155. The molecule has 0 aliphatic carbocycles. The van der Waals surface area contributed by atoms with E-state index in [1.165, 1.54) is 45.6 Å². The molecule has 0 spiro atoms. The summed E-state index contributed by atoms with van der Waals surface area (Å²) in [6.07, 6.45) is 0. The lowest BCUT2D eigenvalue weighted by Gasteiger charge is -2.29. The highest BCUT2D eigenvalue weighted by Crippen LogP contribution is 2.37. The highest BCUT2D eigenvalue weighted by molar-refractivity contribution is 6.11. The van der Waals surface area contributed by atoms with Crippen molar-refractivity contribution in [1.29, 1.82) is 10.5 Å². The zero-order valence-corrected chi connectivity index (χ0v) is 30.6. The number of nitriles is 2. The van der Waals surface area contributed by atoms with E-state index in [4.69, 9.17) is 24.7 Å². The lowest BCUT2D eigenvalue weighted by Crippen LogP contribution is -2.27. The second kappa shape index (κ2) is 14.6. The normalized spacial score (nSPS) is 11.1. The standard InChI is InChI=1S/C21H20FN3O3.C20H16FN3O2/c1-12(2)25(14-6-8-18(27-3)16(22)10-14)20-19(21(26)28-4)15-7-5-13(11-23)9-17(15)24-20;1-10(2)24-16-8-14(21)17(26-3)7-13(16)19(25)18-12-5-4-11(9-22)6-15(12)23-20(18)24/h5-10,12,24H,1-4H3;4-8,10,23H,1-3H3. The van der Waals surface area contributed by atoms with Crippen LogP contribution in [0.4, 0.5) is 20.3 Å². The molecule has 0 saturated carbocycles. The van der Waals surface area contributed by atoms with Crippen LogP contribution in [-0.2, 0) is 4.74 Å². The maximum Gasteiger partial charge on any atom is 0.342 e. The van der Waals surface area contributed by atoms with Gasteiger partial charge < -0.3 is 33.6 Å². The van der Waals surface area contributed by atoms with Gasteiger partial charge in [0.1, 0.15) is 17.0 Å². The molecule has 0 radical (unpaired) electrons. The summed E-state index contributed by atoms with van der Waals surface area (Å²) in [4.78, 5) is 34.0. The minimum absolute atomic E-state index is 0.0168. The topological polar surface area (TPSA) is 149 Å². The number of esters is 1. The van der Waals surface area contributed by atoms with Gasteiger partial charge in [-0.25, -0.2) is 13.6 Å². The number of pyridine rings is 1. The van der Waals surface area contributed by atoms with Gasteiger partial charge in [-0.2, -0.15) is 10.5 Å². The number of halogens is 2. The number of H-pyrrole nitrogens is 2. The fourth-order valence-corrected chi connectivity index (χ4v) is 6.77. The minimum Gasteiger partial charge on any atom is -0.494 e. The molecular weight excluding hydrogens is 694 g/mol. The van der Waals surface area contributed by atoms with Crippen molar-refractivity contribution in [3.8, 4) is 23.6 Å². The van der Waals surface area contributed by atoms with Crippen molar-refractivity contribution in [3.05, 3.63) is 105 Å². The lowest BCUT2D eigenvalue weighted by molar-refractivity contribution is 0.0603. The maximum atomic E-state index is 14.3. The second-order valence-electron chi connectivity index (χ2n) is 13.0. The molecule has 54 heavy (non-hydrogen) atoms. The largest absolute Gasteiger partial charge is 0.494 e. The molecule has 274 valence electrons. The van der Waals surface area contributed by atoms with Gasteiger partial charge in [0.15, 0.2) is 28.6 Å². The zero-order chi connectivity index (χ0) is 39.0. The number of anilines is 2. The van der Waals surface area contributed by atoms with Crippen LogP contribution in [0.25, 0.3) is 43.7 Å². The molecular formula is C41H36F2N6O5. The molecule has 13 heteroatoms. The summed E-state index contributed by atoms with van der Waals surface area (Å²) < 4.78 is 45.6. The smallest absolute Gasteiger partial charge is 0.342 e. The monoisotopic (exact) mass is 730 g/mol. The SMILES string of the molecule is COC(=O)c1c(N(c2ccc(OC)c(F)c2)C(C)C)[nH]c2cc(C#N)ccc12.COc1cc2c(=O)c3c4ccc(C#N)cc4[nH]c3n(C(C)C)c2cc1F. The maximum absolute atomic E-state index is 14.3. The van der Waals surface area contributed by atoms with E-state index in [2.05, 4.69) is 22.1 Å². The summed E-state index contributed by atoms with van der Waals surface area (Å²) in [5.41, 5.74) is 4.09. The molecule has 0 unspecified atom stereocenters. The van der Waals surface area contributed by atoms with Crippen LogP contribution < -0.4 is 19.8 Å². The molecule has 0 aliphatic rings. The average Bonchev–Trinajstić information content (AvgIpc) is 3.72. The van der Waals surface area contributed by atoms with Gasteiger partial charge in [0, 0.05) is 51.7 Å². The summed E-state index contributed by atoms with van der Waals surface area (Å²) in [7, 11) is 4.08. The Morgan fingerprint density at radius 3 is 1.94 bits per heavy atom. The number of nitrogens with one attached hydrogen (secondary N) is 2. The van der Waals surface area contributed by atoms with E-state index < -0.39 is 17.6 Å². The van der Waals surface area contributed by atoms with E-state index in [0.29, 0.717) is 66.6 Å². The van der Waals surface area contributed by atoms with Gasteiger partial charge in [-0.3, -0.25) is 4.79 Å². The van der Waals surface area contributed by atoms with Gasteiger partial charge in [0.25, 0.3) is 0 Å². The Hall–Kier alpha value is -6.86. The molecule has 7 aromatic rings. The van der Waals surface area contributed by atoms with E-state index in [1.807, 2.05) is 32.3 Å². The van der Waals surface area contributed by atoms with Gasteiger partial charge in [-0.1, -0.05) is 12.1 Å². The number of aromatic amines is 2. The number of rotatable bonds is 7. The van der Waals surface area contributed by atoms with Crippen LogP contribution in [0.15, 0.2) is 71.5 Å². The zero-order valence-electron chi connectivity index (χ0n) is 30.6. The fraction of sp³-hybridized carbons (Fsp3) is 0.220. The van der Waals surface area contributed by atoms with Crippen molar-refractivity contribution in [2.45, 2.75) is 39.8 Å². The van der Waals surface area contributed by atoms with E-state index in [9.17, 15) is 18.4 Å². The molecule has 0 fully saturated rings. The van der Waals surface area contributed by atoms with Crippen molar-refractivity contribution in [2.24, 2.45) is 0 Å². The number of fused-ring (bicyclic) bond motifs is 5. The summed E-state index contributed by atoms with van der Waals surface area (Å²) in [6.45, 7) is 7.79. The molecule has 2 N–H and O–H groups in total. The number of hydrogen-bond donors (Lipinski definition) is 2. The van der Waals surface area contributed by atoms with Crippen LogP contribution in [0.1, 0.15) is 55.2 Å². The number of nitrogens with zero attached hydrogens (tertiary/aromatic N) is 4. The van der Waals surface area contributed by atoms with Gasteiger partial charge in [0.2, 0.25) is 0 Å². The molecule has 0 amide bonds. The van der Waals surface area contributed by atoms with Crippen LogP contribution in [-0.4, -0.2) is 47.9 Å². The number of benzene rings is 4. The van der Waals surface area contributed by atoms with Gasteiger partial charge in [0.05, 0.1) is 60.9 Å². The van der Waals surface area contributed by atoms with Crippen molar-refractivity contribution >= 4 is 61.2 Å². The van der Waals surface area contributed by atoms with Crippen molar-refractivity contribution in [3.63, 3.8) is 0 Å². The Kier molecular flexibility index (Phi) is 10.0. The first-order chi connectivity index (χ1) is 25.9. The Labute approximate surface area is 308 Å². The average molecular weight is 731 g/mol. The Morgan fingerprint density at radius 2 is 1.39 bits per heavy atom. The molecule has 0 aliphatic heterocycles. The molecule has 0 bridgehead atoms. The van der Waals surface area contributed by atoms with E-state index in [-0.39, 0.29) is 29.0 Å². The van der Waals surface area contributed by atoms with Crippen LogP contribution in [0, 0.1) is 34.3 Å². The van der Waals surface area contributed by atoms with E-state index in [0.717, 1.165) is 5.39 Å². The van der Waals surface area contributed by atoms with Crippen LogP contribution >= 0.6 is 0 Å². The van der Waals surface area contributed by atoms with Gasteiger partial charge >= 0.3 is 5.97 Å². The molecule has 0 atom stereocenters. The summed E-state index contributed by atoms with van der Waals surface area (Å²) in [6, 6.07) is 21.6. The van der Waals surface area contributed by atoms with Crippen molar-refractivity contribution in [1.82, 2.24) is 14.5 Å². The first-order valence-electron chi connectivity index (χ1n) is 16.9. The summed E-state index contributed by atoms with van der Waals surface area (Å²) in [5.74, 6) is -0.905. The predicted octanol–water partition coefficient (Wildman–Crippen LogP) is 8.76. The van der Waals surface area contributed by atoms with Crippen LogP contribution in [0.5, 0.6) is 11.5 Å². The third kappa shape index (κ3) is 6.30. The highest BCUT2D eigenvalue weighted by Gasteiger charge is 2.27. The summed E-state index contributed by atoms with van der Waals surface area (Å²) >= 11 is 0. The number of aromatic nitrogens is 3. The molecule has 3 heterocycles. The highest BCUT2D eigenvalue weighted by atomic mass is 19.1. The molecule has 0 saturated heterocycles. The van der Waals surface area contributed by atoms with Gasteiger partial charge in [-0.05, 0) is 70.2 Å². The second-order valence-corrected chi connectivity index (χ2v) is 13.0. The van der Waals surface area contributed by atoms with Crippen molar-refractivity contribution in [2.75, 3.05) is 26.2 Å². The van der Waals surface area contributed by atoms with E-state index >= 15 is 0 Å². The Morgan fingerprint density at radius 1 is 0.778 bits per heavy atom. The first kappa shape index (κ1) is 36.9. The van der Waals surface area contributed by atoms with Crippen molar-refractivity contribution < 1.29 is 27.8 Å². The Bertz CT molecular complexity index is 2750. The number of carbonyl (C=O) groups is 1. The van der Waals surface area contributed by atoms with Crippen LogP contribution in [0.2, 0.25) is 0 Å². The third-order valence-corrected chi connectivity index (χ3v) is 9.13. The van der Waals surface area contributed by atoms with Crippen LogP contribution in [0.3, 0.4) is 0 Å². The first-order valence-corrected chi connectivity index (χ1v) is 16.9. The molecule has 11 nitrogen and oxygen atoms in total. The minimum atomic E-state index is -0.523. The molecule has 4 aromatic carbocycles. The Balaban J connectivity index is 0.000000185. The number of hydrogen-bond acceptors (Lipinski definition) is 8. The number of methoxy groups -OCH3 is 3. The summed E-state index contributed by atoms with van der Waals surface area (Å²) in [5, 5.41) is 20.6. The predicted molar refractivity (Wildman–Crippen MR) is 204 cm³/mol. The fourth-order valence-electron chi connectivity index (χ4n) is 6.77. The lowest BCUT2D eigenvalue weighted by atomic mass is 10.1. The third-order valence-electron chi connectivity index (χ3n) is 9.13. The number of carbonyl (C=O) groups excluding carboxylic acids is 1. The van der Waals surface area contributed by atoms with E-state index in [1.54, 1.807) is 47.4 Å². The van der Waals surface area contributed by atoms with Gasteiger partial charge in [-0.15, -0.1) is 0 Å². The molecule has 3 aromatic heterocycles.